The van der Waals surface area contributed by atoms with Crippen molar-refractivity contribution in [2.45, 2.75) is 51.7 Å². The molecule has 3 aromatic heterocycles. The number of aromatic nitrogens is 5. The first-order valence-electron chi connectivity index (χ1n) is 10.3. The van der Waals surface area contributed by atoms with Crippen LogP contribution in [-0.2, 0) is 4.74 Å². The summed E-state index contributed by atoms with van der Waals surface area (Å²) in [5.41, 5.74) is 1.71. The van der Waals surface area contributed by atoms with Crippen molar-refractivity contribution in [3.63, 3.8) is 0 Å². The predicted molar refractivity (Wildman–Crippen MR) is 115 cm³/mol. The number of pyridine rings is 1. The molecule has 1 unspecified atom stereocenters. The van der Waals surface area contributed by atoms with Gasteiger partial charge in [-0.3, -0.25) is 4.57 Å². The van der Waals surface area contributed by atoms with E-state index in [-0.39, 0.29) is 11.4 Å². The summed E-state index contributed by atoms with van der Waals surface area (Å²) < 4.78 is 13.2. The largest absolute Gasteiger partial charge is 0.481 e. The number of unbranched alkanes of at least 4 members (excludes halogenated alkanes) is 2. The SMILES string of the molecule is CCCCC#Cc1nc2c(Cl)nc(-c3cccc(OC)n3)nc2n1C1CCCCO1. The molecule has 0 spiro atoms. The minimum atomic E-state index is -0.170. The summed E-state index contributed by atoms with van der Waals surface area (Å²) in [5, 5.41) is 0.269. The number of hydrogen-bond donors (Lipinski definition) is 0. The summed E-state index contributed by atoms with van der Waals surface area (Å²) in [6.07, 6.45) is 5.82. The van der Waals surface area contributed by atoms with Gasteiger partial charge >= 0.3 is 0 Å². The molecule has 0 N–H and O–H groups in total. The van der Waals surface area contributed by atoms with Crippen LogP contribution in [0.1, 0.15) is 57.5 Å². The zero-order valence-electron chi connectivity index (χ0n) is 17.2. The first-order chi connectivity index (χ1) is 14.7. The van der Waals surface area contributed by atoms with Crippen LogP contribution in [0.4, 0.5) is 0 Å². The molecule has 30 heavy (non-hydrogen) atoms. The summed E-state index contributed by atoms with van der Waals surface area (Å²) in [5.74, 6) is 7.92. The Hall–Kier alpha value is -2.69. The van der Waals surface area contributed by atoms with E-state index >= 15 is 0 Å². The standard InChI is InChI=1S/C22H24ClN5O2/c1-3-4-5-6-11-16-25-19-20(23)26-21(15-10-9-12-17(24-15)29-2)27-22(19)28(16)18-13-7-8-14-30-18/h9-10,12,18H,3-5,7-8,13-14H2,1-2H3. The Morgan fingerprint density at radius 1 is 1.23 bits per heavy atom. The molecule has 1 fully saturated rings. The summed E-state index contributed by atoms with van der Waals surface area (Å²) in [7, 11) is 1.57. The zero-order valence-corrected chi connectivity index (χ0v) is 17.9. The van der Waals surface area contributed by atoms with Gasteiger partial charge in [0.25, 0.3) is 0 Å². The number of ether oxygens (including phenoxy) is 2. The number of imidazole rings is 1. The van der Waals surface area contributed by atoms with Crippen LogP contribution in [0.5, 0.6) is 5.88 Å². The fourth-order valence-electron chi connectivity index (χ4n) is 3.40. The van der Waals surface area contributed by atoms with Gasteiger partial charge in [0.05, 0.1) is 7.11 Å². The first-order valence-corrected chi connectivity index (χ1v) is 10.7. The lowest BCUT2D eigenvalue weighted by atomic mass is 10.2. The maximum atomic E-state index is 6.52. The predicted octanol–water partition coefficient (Wildman–Crippen LogP) is 4.79. The molecule has 1 atom stereocenters. The van der Waals surface area contributed by atoms with E-state index < -0.39 is 0 Å². The van der Waals surface area contributed by atoms with Crippen molar-refractivity contribution in [3.8, 4) is 29.2 Å². The molecule has 1 aliphatic rings. The van der Waals surface area contributed by atoms with Gasteiger partial charge in [0.2, 0.25) is 5.88 Å². The van der Waals surface area contributed by atoms with Crippen molar-refractivity contribution < 1.29 is 9.47 Å². The van der Waals surface area contributed by atoms with Crippen molar-refractivity contribution in [2.75, 3.05) is 13.7 Å². The highest BCUT2D eigenvalue weighted by molar-refractivity contribution is 6.33. The average molecular weight is 426 g/mol. The lowest BCUT2D eigenvalue weighted by Gasteiger charge is -2.24. The molecule has 4 heterocycles. The molecule has 3 aromatic rings. The fraction of sp³-hybridized carbons (Fsp3) is 0.455. The normalized spacial score (nSPS) is 16.3. The van der Waals surface area contributed by atoms with Gasteiger partial charge in [0.15, 0.2) is 22.4 Å². The van der Waals surface area contributed by atoms with Gasteiger partial charge in [-0.2, -0.15) is 0 Å². The molecule has 0 aliphatic carbocycles. The lowest BCUT2D eigenvalue weighted by molar-refractivity contribution is -0.0302. The molecule has 7 nitrogen and oxygen atoms in total. The summed E-state index contributed by atoms with van der Waals surface area (Å²) in [4.78, 5) is 18.3. The number of fused-ring (bicyclic) bond motifs is 1. The van der Waals surface area contributed by atoms with Crippen molar-refractivity contribution in [3.05, 3.63) is 29.2 Å². The molecule has 4 rings (SSSR count). The fourth-order valence-corrected chi connectivity index (χ4v) is 3.61. The van der Waals surface area contributed by atoms with Crippen molar-refractivity contribution in [1.29, 1.82) is 0 Å². The Kier molecular flexibility index (Phi) is 6.46. The van der Waals surface area contributed by atoms with E-state index in [1.807, 2.05) is 16.7 Å². The van der Waals surface area contributed by atoms with Crippen LogP contribution >= 0.6 is 11.6 Å². The number of methoxy groups -OCH3 is 1. The van der Waals surface area contributed by atoms with Crippen LogP contribution in [0, 0.1) is 11.8 Å². The lowest BCUT2D eigenvalue weighted by Crippen LogP contribution is -2.19. The molecule has 0 saturated carbocycles. The second-order valence-electron chi connectivity index (χ2n) is 7.11. The quantitative estimate of drug-likeness (QED) is 0.332. The van der Waals surface area contributed by atoms with Crippen molar-refractivity contribution in [2.24, 2.45) is 0 Å². The maximum absolute atomic E-state index is 6.52. The monoisotopic (exact) mass is 425 g/mol. The van der Waals surface area contributed by atoms with Crippen LogP contribution in [0.2, 0.25) is 5.15 Å². The second-order valence-corrected chi connectivity index (χ2v) is 7.47. The van der Waals surface area contributed by atoms with E-state index in [9.17, 15) is 0 Å². The maximum Gasteiger partial charge on any atom is 0.213 e. The van der Waals surface area contributed by atoms with Crippen LogP contribution in [0.3, 0.4) is 0 Å². The Balaban J connectivity index is 1.85. The smallest absolute Gasteiger partial charge is 0.213 e. The number of halogens is 1. The highest BCUT2D eigenvalue weighted by Gasteiger charge is 2.25. The zero-order chi connectivity index (χ0) is 20.9. The molecule has 0 radical (unpaired) electrons. The van der Waals surface area contributed by atoms with Gasteiger partial charge in [0, 0.05) is 19.1 Å². The van der Waals surface area contributed by atoms with Crippen LogP contribution in [-0.4, -0.2) is 38.2 Å². The average Bonchev–Trinajstić information content (AvgIpc) is 3.16. The third kappa shape index (κ3) is 4.25. The van der Waals surface area contributed by atoms with E-state index in [1.54, 1.807) is 13.2 Å². The van der Waals surface area contributed by atoms with Crippen LogP contribution < -0.4 is 4.74 Å². The summed E-state index contributed by atoms with van der Waals surface area (Å²) >= 11 is 6.52. The second kappa shape index (κ2) is 9.41. The summed E-state index contributed by atoms with van der Waals surface area (Å²) in [6, 6.07) is 5.44. The van der Waals surface area contributed by atoms with E-state index in [4.69, 9.17) is 26.1 Å². The number of rotatable bonds is 5. The third-order valence-electron chi connectivity index (χ3n) is 4.96. The first kappa shape index (κ1) is 20.6. The molecular formula is C22H24ClN5O2. The third-order valence-corrected chi connectivity index (χ3v) is 5.22. The molecule has 0 amide bonds. The molecule has 1 aliphatic heterocycles. The molecule has 0 bridgehead atoms. The number of nitrogens with zero attached hydrogens (tertiary/aromatic N) is 5. The van der Waals surface area contributed by atoms with Gasteiger partial charge in [-0.1, -0.05) is 36.9 Å². The van der Waals surface area contributed by atoms with E-state index in [0.29, 0.717) is 41.0 Å². The Morgan fingerprint density at radius 2 is 2.13 bits per heavy atom. The van der Waals surface area contributed by atoms with E-state index in [1.165, 1.54) is 0 Å². The van der Waals surface area contributed by atoms with Gasteiger partial charge in [0.1, 0.15) is 17.4 Å². The number of hydrogen-bond acceptors (Lipinski definition) is 6. The van der Waals surface area contributed by atoms with Gasteiger partial charge in [-0.05, 0) is 37.7 Å². The van der Waals surface area contributed by atoms with Gasteiger partial charge in [-0.15, -0.1) is 0 Å². The highest BCUT2D eigenvalue weighted by atomic mass is 35.5. The van der Waals surface area contributed by atoms with Crippen LogP contribution in [0.25, 0.3) is 22.7 Å². The Labute approximate surface area is 180 Å². The molecule has 0 aromatic carbocycles. The Morgan fingerprint density at radius 3 is 2.90 bits per heavy atom. The highest BCUT2D eigenvalue weighted by Crippen LogP contribution is 2.31. The topological polar surface area (TPSA) is 75.0 Å². The minimum absolute atomic E-state index is 0.170. The van der Waals surface area contributed by atoms with E-state index in [2.05, 4.69) is 33.7 Å². The molecule has 1 saturated heterocycles. The molecule has 8 heteroatoms. The molecule has 156 valence electrons. The minimum Gasteiger partial charge on any atom is -0.481 e. The Bertz CT molecular complexity index is 1100. The van der Waals surface area contributed by atoms with E-state index in [0.717, 1.165) is 38.5 Å². The van der Waals surface area contributed by atoms with Gasteiger partial charge < -0.3 is 9.47 Å². The molecular weight excluding hydrogens is 402 g/mol. The van der Waals surface area contributed by atoms with Gasteiger partial charge in [-0.25, -0.2) is 19.9 Å². The van der Waals surface area contributed by atoms with Crippen LogP contribution in [0.15, 0.2) is 18.2 Å². The van der Waals surface area contributed by atoms with Crippen molar-refractivity contribution in [1.82, 2.24) is 24.5 Å². The summed E-state index contributed by atoms with van der Waals surface area (Å²) in [6.45, 7) is 2.85. The van der Waals surface area contributed by atoms with Crippen molar-refractivity contribution >= 4 is 22.8 Å².